The van der Waals surface area contributed by atoms with Crippen LogP contribution in [0.25, 0.3) is 10.9 Å². The molecule has 22 heavy (non-hydrogen) atoms. The van der Waals surface area contributed by atoms with E-state index in [0.29, 0.717) is 18.8 Å². The fourth-order valence-electron chi connectivity index (χ4n) is 2.41. The standard InChI is InChI=1S/C15H17N3O2.2ClH/c16-9-11-6-7-13(20-11)15(19)18-14-8-5-10-3-1-2-4-12(10)17-14;;/h1-5,8,11,13H,6-7,9,16H2,(H,17,18,19);2*1H/t11-,13+;;/m1../s1. The molecule has 2 heterocycles. The molecule has 3 rings (SSSR count). The van der Waals surface area contributed by atoms with Crippen LogP contribution in [0.4, 0.5) is 5.82 Å². The van der Waals surface area contributed by atoms with Crippen LogP contribution in [-0.4, -0.2) is 29.6 Å². The topological polar surface area (TPSA) is 77.2 Å². The van der Waals surface area contributed by atoms with Crippen LogP contribution in [0.15, 0.2) is 36.4 Å². The minimum Gasteiger partial charge on any atom is -0.364 e. The van der Waals surface area contributed by atoms with Gasteiger partial charge in [-0.1, -0.05) is 18.2 Å². The Morgan fingerprint density at radius 2 is 2.00 bits per heavy atom. The minimum atomic E-state index is -0.420. The summed E-state index contributed by atoms with van der Waals surface area (Å²) in [7, 11) is 0. The fraction of sp³-hybridized carbons (Fsp3) is 0.333. The van der Waals surface area contributed by atoms with Crippen LogP contribution in [0.1, 0.15) is 12.8 Å². The van der Waals surface area contributed by atoms with Gasteiger partial charge in [0.25, 0.3) is 5.91 Å². The number of benzene rings is 1. The summed E-state index contributed by atoms with van der Waals surface area (Å²) >= 11 is 0. The number of para-hydroxylation sites is 1. The molecule has 2 atom stereocenters. The normalized spacial score (nSPS) is 20.0. The van der Waals surface area contributed by atoms with Crippen LogP contribution in [-0.2, 0) is 9.53 Å². The van der Waals surface area contributed by atoms with Crippen LogP contribution in [0.2, 0.25) is 0 Å². The second-order valence-corrected chi connectivity index (χ2v) is 4.94. The highest BCUT2D eigenvalue weighted by Gasteiger charge is 2.29. The van der Waals surface area contributed by atoms with E-state index in [9.17, 15) is 4.79 Å². The molecule has 1 aliphatic rings. The lowest BCUT2D eigenvalue weighted by atomic mass is 10.2. The number of rotatable bonds is 3. The highest BCUT2D eigenvalue weighted by Crippen LogP contribution is 2.21. The van der Waals surface area contributed by atoms with Gasteiger partial charge in [0.05, 0.1) is 11.6 Å². The van der Waals surface area contributed by atoms with Gasteiger partial charge in [-0.25, -0.2) is 4.98 Å². The lowest BCUT2D eigenvalue weighted by molar-refractivity contribution is -0.126. The van der Waals surface area contributed by atoms with E-state index in [0.717, 1.165) is 17.3 Å². The summed E-state index contributed by atoms with van der Waals surface area (Å²) in [5.74, 6) is 0.400. The summed E-state index contributed by atoms with van der Waals surface area (Å²) in [4.78, 5) is 16.5. The molecule has 3 N–H and O–H groups in total. The highest BCUT2D eigenvalue weighted by atomic mass is 35.5. The van der Waals surface area contributed by atoms with Gasteiger partial charge in [-0.15, -0.1) is 24.8 Å². The van der Waals surface area contributed by atoms with Crippen molar-refractivity contribution in [1.29, 1.82) is 0 Å². The third-order valence-electron chi connectivity index (χ3n) is 3.51. The summed E-state index contributed by atoms with van der Waals surface area (Å²) in [6.07, 6.45) is 1.12. The summed E-state index contributed by atoms with van der Waals surface area (Å²) in [5, 5.41) is 3.85. The van der Waals surface area contributed by atoms with E-state index in [-0.39, 0.29) is 36.8 Å². The summed E-state index contributed by atoms with van der Waals surface area (Å²) in [5.41, 5.74) is 6.40. The first-order chi connectivity index (χ1) is 9.76. The average Bonchev–Trinajstić information content (AvgIpc) is 2.96. The quantitative estimate of drug-likeness (QED) is 0.897. The van der Waals surface area contributed by atoms with Gasteiger partial charge in [-0.2, -0.15) is 0 Å². The van der Waals surface area contributed by atoms with Crippen molar-refractivity contribution in [3.05, 3.63) is 36.4 Å². The first kappa shape index (κ1) is 18.6. The zero-order valence-corrected chi connectivity index (χ0v) is 13.5. The second kappa shape index (κ2) is 8.29. The maximum Gasteiger partial charge on any atom is 0.254 e. The van der Waals surface area contributed by atoms with Gasteiger partial charge in [0, 0.05) is 11.9 Å². The average molecular weight is 344 g/mol. The Hall–Kier alpha value is -1.40. The number of nitrogens with zero attached hydrogens (tertiary/aromatic N) is 1. The van der Waals surface area contributed by atoms with Crippen LogP contribution in [0.3, 0.4) is 0 Å². The van der Waals surface area contributed by atoms with Gasteiger partial charge in [-0.05, 0) is 31.0 Å². The van der Waals surface area contributed by atoms with Gasteiger partial charge in [0.2, 0.25) is 0 Å². The van der Waals surface area contributed by atoms with Gasteiger partial charge < -0.3 is 15.8 Å². The van der Waals surface area contributed by atoms with E-state index in [1.165, 1.54) is 0 Å². The lowest BCUT2D eigenvalue weighted by Gasteiger charge is -2.12. The van der Waals surface area contributed by atoms with Crippen molar-refractivity contribution in [2.24, 2.45) is 5.73 Å². The van der Waals surface area contributed by atoms with Crippen molar-refractivity contribution < 1.29 is 9.53 Å². The van der Waals surface area contributed by atoms with E-state index in [4.69, 9.17) is 10.5 Å². The molecule has 120 valence electrons. The number of anilines is 1. The fourth-order valence-corrected chi connectivity index (χ4v) is 2.41. The van der Waals surface area contributed by atoms with Crippen LogP contribution in [0.5, 0.6) is 0 Å². The Bertz CT molecular complexity index is 639. The number of amides is 1. The Labute approximate surface area is 141 Å². The molecule has 0 spiro atoms. The first-order valence-corrected chi connectivity index (χ1v) is 6.78. The molecule has 0 radical (unpaired) electrons. The highest BCUT2D eigenvalue weighted by molar-refractivity contribution is 5.94. The lowest BCUT2D eigenvalue weighted by Crippen LogP contribution is -2.30. The van der Waals surface area contributed by atoms with E-state index >= 15 is 0 Å². The maximum absolute atomic E-state index is 12.1. The molecule has 1 aromatic heterocycles. The van der Waals surface area contributed by atoms with Crippen molar-refractivity contribution in [2.45, 2.75) is 25.0 Å². The molecular weight excluding hydrogens is 325 g/mol. The first-order valence-electron chi connectivity index (χ1n) is 6.78. The molecule has 0 saturated carbocycles. The van der Waals surface area contributed by atoms with Gasteiger partial charge >= 0.3 is 0 Å². The molecular formula is C15H19Cl2N3O2. The van der Waals surface area contributed by atoms with Crippen molar-refractivity contribution in [3.63, 3.8) is 0 Å². The molecule has 1 aliphatic heterocycles. The van der Waals surface area contributed by atoms with Crippen molar-refractivity contribution in [3.8, 4) is 0 Å². The van der Waals surface area contributed by atoms with E-state index < -0.39 is 6.10 Å². The van der Waals surface area contributed by atoms with Crippen LogP contribution >= 0.6 is 24.8 Å². The number of carbonyl (C=O) groups excluding carboxylic acids is 1. The third-order valence-corrected chi connectivity index (χ3v) is 3.51. The molecule has 7 heteroatoms. The van der Waals surface area contributed by atoms with E-state index in [1.54, 1.807) is 6.07 Å². The van der Waals surface area contributed by atoms with Crippen molar-refractivity contribution in [2.75, 3.05) is 11.9 Å². The molecule has 0 bridgehead atoms. The monoisotopic (exact) mass is 343 g/mol. The molecule has 1 amide bonds. The summed E-state index contributed by atoms with van der Waals surface area (Å²) < 4.78 is 5.57. The van der Waals surface area contributed by atoms with Crippen LogP contribution in [0, 0.1) is 0 Å². The molecule has 0 unspecified atom stereocenters. The summed E-state index contributed by atoms with van der Waals surface area (Å²) in [6.45, 7) is 0.456. The predicted octanol–water partition coefficient (Wildman–Crippen LogP) is 2.52. The summed E-state index contributed by atoms with van der Waals surface area (Å²) in [6, 6.07) is 11.5. The predicted molar refractivity (Wildman–Crippen MR) is 91.8 cm³/mol. The molecule has 1 fully saturated rings. The molecule has 5 nitrogen and oxygen atoms in total. The Balaban J connectivity index is 0.00000121. The number of hydrogen-bond acceptors (Lipinski definition) is 4. The largest absolute Gasteiger partial charge is 0.364 e. The molecule has 2 aromatic rings. The second-order valence-electron chi connectivity index (χ2n) is 4.94. The number of pyridine rings is 1. The Kier molecular flexibility index (Phi) is 7.03. The van der Waals surface area contributed by atoms with E-state index in [1.807, 2.05) is 30.3 Å². The van der Waals surface area contributed by atoms with Gasteiger partial charge in [0.1, 0.15) is 11.9 Å². The maximum atomic E-state index is 12.1. The van der Waals surface area contributed by atoms with Crippen molar-refractivity contribution in [1.82, 2.24) is 4.98 Å². The molecule has 1 saturated heterocycles. The van der Waals surface area contributed by atoms with Gasteiger partial charge in [0.15, 0.2) is 0 Å². The van der Waals surface area contributed by atoms with Gasteiger partial charge in [-0.3, -0.25) is 4.79 Å². The zero-order valence-electron chi connectivity index (χ0n) is 11.9. The molecule has 0 aliphatic carbocycles. The smallest absolute Gasteiger partial charge is 0.254 e. The molecule has 1 aromatic carbocycles. The SMILES string of the molecule is Cl.Cl.NC[C@H]1CC[C@@H](C(=O)Nc2ccc3ccccc3n2)O1. The zero-order chi connectivity index (χ0) is 13.9. The Morgan fingerprint density at radius 3 is 2.73 bits per heavy atom. The number of hydrogen-bond donors (Lipinski definition) is 2. The third kappa shape index (κ3) is 4.08. The van der Waals surface area contributed by atoms with E-state index in [2.05, 4.69) is 10.3 Å². The number of aromatic nitrogens is 1. The number of halogens is 2. The number of carbonyl (C=O) groups is 1. The van der Waals surface area contributed by atoms with Crippen LogP contribution < -0.4 is 11.1 Å². The number of nitrogens with one attached hydrogen (secondary N) is 1. The number of fused-ring (bicyclic) bond motifs is 1. The van der Waals surface area contributed by atoms with Crippen molar-refractivity contribution >= 4 is 47.4 Å². The number of nitrogens with two attached hydrogens (primary N) is 1. The number of ether oxygens (including phenoxy) is 1. The Morgan fingerprint density at radius 1 is 1.23 bits per heavy atom. The minimum absolute atomic E-state index is 0.